The number of aliphatic carboxylic acids is 1. The van der Waals surface area contributed by atoms with Crippen molar-refractivity contribution >= 4 is 5.97 Å². The normalized spacial score (nSPS) is 12.1. The predicted molar refractivity (Wildman–Crippen MR) is 46.8 cm³/mol. The molecule has 0 radical (unpaired) electrons. The Bertz CT molecular complexity index is 323. The van der Waals surface area contributed by atoms with Crippen LogP contribution in [0.4, 0.5) is 0 Å². The van der Waals surface area contributed by atoms with E-state index in [-0.39, 0.29) is 5.56 Å². The average Bonchev–Trinajstić information content (AvgIpc) is 2.17. The number of aliphatic hydroxyl groups excluding tert-OH is 2. The molecular formula is C9H10O5. The third kappa shape index (κ3) is 2.45. The first-order valence-corrected chi connectivity index (χ1v) is 3.89. The molecule has 5 heteroatoms. The van der Waals surface area contributed by atoms with Crippen LogP contribution in [0.5, 0.6) is 5.75 Å². The summed E-state index contributed by atoms with van der Waals surface area (Å²) in [6.45, 7) is -0.493. The number of hydrogen-bond donors (Lipinski definition) is 3. The van der Waals surface area contributed by atoms with Crippen LogP contribution in [0.1, 0.15) is 11.7 Å². The van der Waals surface area contributed by atoms with E-state index < -0.39 is 18.9 Å². The van der Waals surface area contributed by atoms with Crippen LogP contribution in [0, 0.1) is 0 Å². The highest BCUT2D eigenvalue weighted by molar-refractivity contribution is 5.74. The molecule has 0 saturated carbocycles. The summed E-state index contributed by atoms with van der Waals surface area (Å²) < 4.78 is 4.73. The minimum atomic E-state index is -1.57. The fraction of sp³-hybridized carbons (Fsp3) is 0.222. The molecule has 14 heavy (non-hydrogen) atoms. The molecule has 0 aromatic heterocycles. The van der Waals surface area contributed by atoms with Gasteiger partial charge < -0.3 is 20.1 Å². The molecule has 0 bridgehead atoms. The van der Waals surface area contributed by atoms with Gasteiger partial charge in [-0.05, 0) is 17.7 Å². The van der Waals surface area contributed by atoms with E-state index in [1.54, 1.807) is 6.07 Å². The molecular weight excluding hydrogens is 188 g/mol. The minimum absolute atomic E-state index is 0.212. The zero-order valence-electron chi connectivity index (χ0n) is 7.25. The van der Waals surface area contributed by atoms with Gasteiger partial charge in [0.25, 0.3) is 0 Å². The molecule has 0 saturated heterocycles. The van der Waals surface area contributed by atoms with Crippen molar-refractivity contribution in [3.63, 3.8) is 0 Å². The maximum Gasteiger partial charge on any atom is 0.337 e. The molecule has 0 heterocycles. The number of carbonyl (C=O) groups is 1. The van der Waals surface area contributed by atoms with Crippen molar-refractivity contribution in [2.45, 2.75) is 6.10 Å². The molecule has 0 aliphatic carbocycles. The SMILES string of the molecule is O=C(O)C(O)c1cccc(OCO)c1. The Balaban J connectivity index is 2.87. The van der Waals surface area contributed by atoms with Crippen LogP contribution in [0.25, 0.3) is 0 Å². The smallest absolute Gasteiger partial charge is 0.337 e. The van der Waals surface area contributed by atoms with E-state index in [1.165, 1.54) is 18.2 Å². The van der Waals surface area contributed by atoms with E-state index in [1.807, 2.05) is 0 Å². The maximum absolute atomic E-state index is 10.4. The zero-order chi connectivity index (χ0) is 10.6. The molecule has 3 N–H and O–H groups in total. The Hall–Kier alpha value is -1.59. The number of aliphatic hydroxyl groups is 2. The third-order valence-electron chi connectivity index (χ3n) is 1.64. The highest BCUT2D eigenvalue weighted by Gasteiger charge is 2.15. The van der Waals surface area contributed by atoms with Crippen LogP contribution < -0.4 is 4.74 Å². The van der Waals surface area contributed by atoms with Gasteiger partial charge in [0.05, 0.1) is 0 Å². The number of carboxylic acids is 1. The van der Waals surface area contributed by atoms with Crippen molar-refractivity contribution in [1.82, 2.24) is 0 Å². The Labute approximate surface area is 80.2 Å². The lowest BCUT2D eigenvalue weighted by Crippen LogP contribution is -2.10. The molecule has 1 aromatic carbocycles. The molecule has 0 fully saturated rings. The molecule has 0 aliphatic heterocycles. The van der Waals surface area contributed by atoms with Crippen LogP contribution in [-0.4, -0.2) is 28.1 Å². The van der Waals surface area contributed by atoms with E-state index in [2.05, 4.69) is 0 Å². The van der Waals surface area contributed by atoms with Crippen molar-refractivity contribution in [3.8, 4) is 5.75 Å². The van der Waals surface area contributed by atoms with Gasteiger partial charge in [-0.15, -0.1) is 0 Å². The summed E-state index contributed by atoms with van der Waals surface area (Å²) >= 11 is 0. The van der Waals surface area contributed by atoms with Gasteiger partial charge in [-0.25, -0.2) is 4.79 Å². The van der Waals surface area contributed by atoms with Crippen molar-refractivity contribution in [2.24, 2.45) is 0 Å². The first kappa shape index (κ1) is 10.5. The van der Waals surface area contributed by atoms with Crippen molar-refractivity contribution in [3.05, 3.63) is 29.8 Å². The van der Waals surface area contributed by atoms with Gasteiger partial charge in [0.1, 0.15) is 5.75 Å². The second-order valence-corrected chi connectivity index (χ2v) is 2.59. The molecule has 1 unspecified atom stereocenters. The standard InChI is InChI=1S/C9H10O5/c10-5-14-7-3-1-2-6(4-7)8(11)9(12)13/h1-4,8,10-11H,5H2,(H,12,13). The van der Waals surface area contributed by atoms with Crippen LogP contribution in [-0.2, 0) is 4.79 Å². The molecule has 1 aromatic rings. The zero-order valence-corrected chi connectivity index (χ0v) is 7.25. The van der Waals surface area contributed by atoms with Crippen molar-refractivity contribution in [2.75, 3.05) is 6.79 Å². The van der Waals surface area contributed by atoms with E-state index >= 15 is 0 Å². The number of carboxylic acid groups (broad SMARTS) is 1. The summed E-state index contributed by atoms with van der Waals surface area (Å²) in [6.07, 6.45) is -1.57. The third-order valence-corrected chi connectivity index (χ3v) is 1.64. The van der Waals surface area contributed by atoms with Crippen molar-refractivity contribution in [1.29, 1.82) is 0 Å². The molecule has 0 aliphatic rings. The largest absolute Gasteiger partial charge is 0.479 e. The lowest BCUT2D eigenvalue weighted by Gasteiger charge is -2.07. The number of benzene rings is 1. The quantitative estimate of drug-likeness (QED) is 0.599. The van der Waals surface area contributed by atoms with Gasteiger partial charge in [0.2, 0.25) is 0 Å². The molecule has 0 spiro atoms. The Morgan fingerprint density at radius 3 is 2.79 bits per heavy atom. The summed E-state index contributed by atoms with van der Waals surface area (Å²) in [5.74, 6) is -1.02. The van der Waals surface area contributed by atoms with Crippen LogP contribution in [0.2, 0.25) is 0 Å². The predicted octanol–water partition coefficient (Wildman–Crippen LogP) is 0.133. The van der Waals surface area contributed by atoms with E-state index in [0.29, 0.717) is 5.75 Å². The minimum Gasteiger partial charge on any atom is -0.479 e. The molecule has 76 valence electrons. The average molecular weight is 198 g/mol. The van der Waals surface area contributed by atoms with E-state index in [9.17, 15) is 9.90 Å². The monoisotopic (exact) mass is 198 g/mol. The van der Waals surface area contributed by atoms with Crippen LogP contribution in [0.3, 0.4) is 0 Å². The van der Waals surface area contributed by atoms with E-state index in [0.717, 1.165) is 0 Å². The van der Waals surface area contributed by atoms with Crippen LogP contribution >= 0.6 is 0 Å². The summed E-state index contributed by atoms with van der Waals surface area (Å²) in [5.41, 5.74) is 0.212. The van der Waals surface area contributed by atoms with Crippen LogP contribution in [0.15, 0.2) is 24.3 Å². The second kappa shape index (κ2) is 4.59. The first-order valence-electron chi connectivity index (χ1n) is 3.89. The first-order chi connectivity index (χ1) is 6.65. The summed E-state index contributed by atoms with van der Waals surface area (Å²) in [7, 11) is 0. The second-order valence-electron chi connectivity index (χ2n) is 2.59. The summed E-state index contributed by atoms with van der Waals surface area (Å²) in [5, 5.41) is 26.1. The molecule has 1 atom stereocenters. The molecule has 5 nitrogen and oxygen atoms in total. The lowest BCUT2D eigenvalue weighted by atomic mass is 10.1. The van der Waals surface area contributed by atoms with Gasteiger partial charge in [-0.1, -0.05) is 12.1 Å². The lowest BCUT2D eigenvalue weighted by molar-refractivity contribution is -0.146. The van der Waals surface area contributed by atoms with Gasteiger partial charge in [0.15, 0.2) is 12.9 Å². The van der Waals surface area contributed by atoms with E-state index in [4.69, 9.17) is 14.9 Å². The topological polar surface area (TPSA) is 87.0 Å². The maximum atomic E-state index is 10.4. The highest BCUT2D eigenvalue weighted by Crippen LogP contribution is 2.19. The van der Waals surface area contributed by atoms with Crippen molar-refractivity contribution < 1.29 is 24.9 Å². The van der Waals surface area contributed by atoms with Gasteiger partial charge in [-0.2, -0.15) is 0 Å². The summed E-state index contributed by atoms with van der Waals surface area (Å²) in [4.78, 5) is 10.4. The molecule has 1 rings (SSSR count). The fourth-order valence-electron chi connectivity index (χ4n) is 0.992. The van der Waals surface area contributed by atoms with Gasteiger partial charge in [-0.3, -0.25) is 0 Å². The van der Waals surface area contributed by atoms with Gasteiger partial charge >= 0.3 is 5.97 Å². The Kier molecular flexibility index (Phi) is 3.44. The number of ether oxygens (including phenoxy) is 1. The summed E-state index contributed by atoms with van der Waals surface area (Å²) in [6, 6.07) is 5.90. The number of hydrogen-bond acceptors (Lipinski definition) is 4. The van der Waals surface area contributed by atoms with Gasteiger partial charge in [0, 0.05) is 0 Å². The highest BCUT2D eigenvalue weighted by atomic mass is 16.6. The molecule has 0 amide bonds. The Morgan fingerprint density at radius 1 is 1.50 bits per heavy atom. The number of rotatable bonds is 4. The Morgan fingerprint density at radius 2 is 2.21 bits per heavy atom. The fourth-order valence-corrected chi connectivity index (χ4v) is 0.992.